The molecule has 0 saturated carbocycles. The van der Waals surface area contributed by atoms with Crippen LogP contribution in [0.4, 0.5) is 0 Å². The zero-order valence-electron chi connectivity index (χ0n) is 9.51. The Kier molecular flexibility index (Phi) is 4.45. The lowest BCUT2D eigenvalue weighted by atomic mass is 9.97. The maximum absolute atomic E-state index is 2.25. The zero-order chi connectivity index (χ0) is 10.4. The van der Waals surface area contributed by atoms with Crippen molar-refractivity contribution in [1.29, 1.82) is 0 Å². The summed E-state index contributed by atoms with van der Waals surface area (Å²) < 4.78 is 0. The summed E-state index contributed by atoms with van der Waals surface area (Å²) >= 11 is 0. The summed E-state index contributed by atoms with van der Waals surface area (Å²) in [5, 5.41) is 0. The molecule has 0 fully saturated rings. The van der Waals surface area contributed by atoms with Crippen LogP contribution in [0.1, 0.15) is 43.9 Å². The Bertz CT molecular complexity index is 308. The van der Waals surface area contributed by atoms with Crippen molar-refractivity contribution < 1.29 is 0 Å². The highest BCUT2D eigenvalue weighted by molar-refractivity contribution is 5.56. The molecule has 1 aromatic rings. The summed E-state index contributed by atoms with van der Waals surface area (Å²) in [7, 11) is 0. The molecule has 0 amide bonds. The molecule has 0 bridgehead atoms. The Morgan fingerprint density at radius 1 is 1.07 bits per heavy atom. The van der Waals surface area contributed by atoms with E-state index in [1.54, 1.807) is 0 Å². The van der Waals surface area contributed by atoms with Gasteiger partial charge in [-0.2, -0.15) is 0 Å². The molecule has 0 unspecified atom stereocenters. The van der Waals surface area contributed by atoms with Crippen LogP contribution < -0.4 is 0 Å². The van der Waals surface area contributed by atoms with Crippen LogP contribution in [0, 0.1) is 0 Å². The Balaban J connectivity index is 3.08. The predicted octanol–water partition coefficient (Wildman–Crippen LogP) is 4.23. The molecule has 1 aromatic carbocycles. The summed E-state index contributed by atoms with van der Waals surface area (Å²) in [4.78, 5) is 0. The van der Waals surface area contributed by atoms with Crippen LogP contribution in [-0.4, -0.2) is 0 Å². The molecule has 0 aliphatic heterocycles. The van der Waals surface area contributed by atoms with E-state index < -0.39 is 0 Å². The molecule has 0 radical (unpaired) electrons. The van der Waals surface area contributed by atoms with E-state index in [2.05, 4.69) is 51.1 Å². The molecule has 0 spiro atoms. The van der Waals surface area contributed by atoms with Crippen LogP contribution in [0.5, 0.6) is 0 Å². The molecule has 0 heterocycles. The van der Waals surface area contributed by atoms with E-state index in [-0.39, 0.29) is 0 Å². The fourth-order valence-electron chi connectivity index (χ4n) is 1.82. The third-order valence-electron chi connectivity index (χ3n) is 2.58. The predicted molar refractivity (Wildman–Crippen MR) is 64.5 cm³/mol. The minimum absolute atomic E-state index is 1.11. The van der Waals surface area contributed by atoms with E-state index in [0.29, 0.717) is 0 Å². The van der Waals surface area contributed by atoms with Crippen LogP contribution in [0.3, 0.4) is 0 Å². The number of hydrogen-bond donors (Lipinski definition) is 0. The van der Waals surface area contributed by atoms with E-state index in [1.165, 1.54) is 16.7 Å². The highest BCUT2D eigenvalue weighted by Crippen LogP contribution is 2.17. The van der Waals surface area contributed by atoms with Gasteiger partial charge in [0, 0.05) is 0 Å². The van der Waals surface area contributed by atoms with E-state index >= 15 is 0 Å². The molecule has 0 aliphatic rings. The standard InChI is InChI=1S/C14H20/c1-4-7-9-13-11-8-10-12(5-2)14(13)6-3/h7-11H,4-6H2,1-3H3. The fraction of sp³-hybridized carbons (Fsp3) is 0.429. The normalized spacial score (nSPS) is 11.1. The summed E-state index contributed by atoms with van der Waals surface area (Å²) in [6.07, 6.45) is 7.86. The smallest absolute Gasteiger partial charge is 0.0225 e. The Morgan fingerprint density at radius 3 is 2.43 bits per heavy atom. The van der Waals surface area contributed by atoms with Gasteiger partial charge in [-0.15, -0.1) is 0 Å². The first kappa shape index (κ1) is 11.0. The van der Waals surface area contributed by atoms with Crippen LogP contribution in [0.25, 0.3) is 6.08 Å². The molecule has 0 heteroatoms. The molecular weight excluding hydrogens is 168 g/mol. The minimum atomic E-state index is 1.11. The van der Waals surface area contributed by atoms with Gasteiger partial charge < -0.3 is 0 Å². The lowest BCUT2D eigenvalue weighted by Gasteiger charge is -2.09. The Morgan fingerprint density at radius 2 is 1.86 bits per heavy atom. The summed E-state index contributed by atoms with van der Waals surface area (Å²) in [6, 6.07) is 6.61. The van der Waals surface area contributed by atoms with Gasteiger partial charge in [0.1, 0.15) is 0 Å². The van der Waals surface area contributed by atoms with Crippen LogP contribution >= 0.6 is 0 Å². The third kappa shape index (κ3) is 2.47. The number of rotatable bonds is 4. The first-order chi connectivity index (χ1) is 6.83. The minimum Gasteiger partial charge on any atom is -0.0842 e. The van der Waals surface area contributed by atoms with Crippen molar-refractivity contribution in [2.45, 2.75) is 40.0 Å². The number of allylic oxidation sites excluding steroid dienone is 1. The van der Waals surface area contributed by atoms with Gasteiger partial charge in [0.15, 0.2) is 0 Å². The maximum atomic E-state index is 2.25. The Hall–Kier alpha value is -1.04. The SMILES string of the molecule is CCC=Cc1cccc(CC)c1CC. The molecule has 0 nitrogen and oxygen atoms in total. The average molecular weight is 188 g/mol. The second-order valence-corrected chi connectivity index (χ2v) is 3.50. The van der Waals surface area contributed by atoms with E-state index in [1.807, 2.05) is 0 Å². The molecule has 14 heavy (non-hydrogen) atoms. The first-order valence-electron chi connectivity index (χ1n) is 5.60. The topological polar surface area (TPSA) is 0 Å². The van der Waals surface area contributed by atoms with Crippen LogP contribution in [0.2, 0.25) is 0 Å². The summed E-state index contributed by atoms with van der Waals surface area (Å²) in [5.74, 6) is 0. The average Bonchev–Trinajstić information content (AvgIpc) is 2.25. The van der Waals surface area contributed by atoms with Crippen molar-refractivity contribution in [1.82, 2.24) is 0 Å². The van der Waals surface area contributed by atoms with Gasteiger partial charge in [-0.1, -0.05) is 51.1 Å². The Labute approximate surface area is 87.7 Å². The molecular formula is C14H20. The van der Waals surface area contributed by atoms with Gasteiger partial charge in [0.2, 0.25) is 0 Å². The van der Waals surface area contributed by atoms with Crippen LogP contribution in [-0.2, 0) is 12.8 Å². The monoisotopic (exact) mass is 188 g/mol. The van der Waals surface area contributed by atoms with Gasteiger partial charge in [-0.25, -0.2) is 0 Å². The molecule has 76 valence electrons. The quantitative estimate of drug-likeness (QED) is 0.663. The summed E-state index contributed by atoms with van der Waals surface area (Å²) in [6.45, 7) is 6.63. The van der Waals surface area contributed by atoms with Gasteiger partial charge in [0.05, 0.1) is 0 Å². The van der Waals surface area contributed by atoms with Gasteiger partial charge in [-0.3, -0.25) is 0 Å². The van der Waals surface area contributed by atoms with E-state index in [9.17, 15) is 0 Å². The van der Waals surface area contributed by atoms with Gasteiger partial charge >= 0.3 is 0 Å². The van der Waals surface area contributed by atoms with E-state index in [4.69, 9.17) is 0 Å². The highest BCUT2D eigenvalue weighted by Gasteiger charge is 2.01. The largest absolute Gasteiger partial charge is 0.0842 e. The lowest BCUT2D eigenvalue weighted by molar-refractivity contribution is 1.03. The molecule has 0 saturated heterocycles. The second kappa shape index (κ2) is 5.64. The molecule has 0 aromatic heterocycles. The van der Waals surface area contributed by atoms with Crippen LogP contribution in [0.15, 0.2) is 24.3 Å². The van der Waals surface area contributed by atoms with Gasteiger partial charge in [-0.05, 0) is 36.0 Å². The van der Waals surface area contributed by atoms with Crippen molar-refractivity contribution in [3.63, 3.8) is 0 Å². The molecule has 0 aliphatic carbocycles. The third-order valence-corrected chi connectivity index (χ3v) is 2.58. The molecule has 0 atom stereocenters. The number of aryl methyl sites for hydroxylation is 1. The maximum Gasteiger partial charge on any atom is -0.0225 e. The second-order valence-electron chi connectivity index (χ2n) is 3.50. The van der Waals surface area contributed by atoms with Gasteiger partial charge in [0.25, 0.3) is 0 Å². The van der Waals surface area contributed by atoms with Crippen molar-refractivity contribution >= 4 is 6.08 Å². The van der Waals surface area contributed by atoms with Crippen molar-refractivity contribution in [3.05, 3.63) is 41.0 Å². The van der Waals surface area contributed by atoms with E-state index in [0.717, 1.165) is 19.3 Å². The first-order valence-corrected chi connectivity index (χ1v) is 5.60. The number of benzene rings is 1. The molecule has 0 N–H and O–H groups in total. The zero-order valence-corrected chi connectivity index (χ0v) is 9.51. The number of hydrogen-bond acceptors (Lipinski definition) is 0. The lowest BCUT2D eigenvalue weighted by Crippen LogP contribution is -1.93. The van der Waals surface area contributed by atoms with Crippen molar-refractivity contribution in [2.75, 3.05) is 0 Å². The van der Waals surface area contributed by atoms with Crippen molar-refractivity contribution in [3.8, 4) is 0 Å². The summed E-state index contributed by atoms with van der Waals surface area (Å²) in [5.41, 5.74) is 4.40. The molecule has 1 rings (SSSR count). The van der Waals surface area contributed by atoms with Crippen molar-refractivity contribution in [2.24, 2.45) is 0 Å². The highest BCUT2D eigenvalue weighted by atomic mass is 14.1. The fourth-order valence-corrected chi connectivity index (χ4v) is 1.82.